The van der Waals surface area contributed by atoms with Gasteiger partial charge in [0.1, 0.15) is 5.65 Å². The summed E-state index contributed by atoms with van der Waals surface area (Å²) in [5, 5.41) is 1.26. The van der Waals surface area contributed by atoms with Crippen molar-refractivity contribution in [3.05, 3.63) is 49.1 Å². The number of halogens is 3. The Bertz CT molecular complexity index is 1090. The second-order valence-electron chi connectivity index (χ2n) is 7.63. The molecule has 1 saturated heterocycles. The molecule has 8 heteroatoms. The van der Waals surface area contributed by atoms with Crippen LogP contribution in [0.25, 0.3) is 16.7 Å². The molecule has 1 fully saturated rings. The summed E-state index contributed by atoms with van der Waals surface area (Å²) >= 11 is 11.0. The number of fused-ring (bicyclic) bond motifs is 1. The molecule has 4 rings (SSSR count). The van der Waals surface area contributed by atoms with Gasteiger partial charge in [0.05, 0.1) is 5.69 Å². The number of nitrogens with zero attached hydrogens (tertiary/aromatic N) is 3. The van der Waals surface area contributed by atoms with Gasteiger partial charge < -0.3 is 4.90 Å². The van der Waals surface area contributed by atoms with E-state index >= 15 is 0 Å². The van der Waals surface area contributed by atoms with Crippen LogP contribution in [-0.2, 0) is 9.59 Å². The SMILES string of the molecule is Cc1cc(N2CCC(C)CC2)c2c(C)cn(-c3c(Br)cc(Br)cc3Br)c2n1.O=C=O. The first-order chi connectivity index (χ1) is 14.3. The Morgan fingerprint density at radius 2 is 1.60 bits per heavy atom. The average Bonchev–Trinajstić information content (AvgIpc) is 2.98. The fraction of sp³-hybridized carbons (Fsp3) is 0.364. The Labute approximate surface area is 201 Å². The highest BCUT2D eigenvalue weighted by Crippen LogP contribution is 2.39. The van der Waals surface area contributed by atoms with Gasteiger partial charge in [0.25, 0.3) is 0 Å². The van der Waals surface area contributed by atoms with Crippen LogP contribution in [0, 0.1) is 19.8 Å². The lowest BCUT2D eigenvalue weighted by atomic mass is 9.98. The van der Waals surface area contributed by atoms with Gasteiger partial charge >= 0.3 is 6.15 Å². The van der Waals surface area contributed by atoms with Crippen molar-refractivity contribution in [1.82, 2.24) is 9.55 Å². The van der Waals surface area contributed by atoms with Crippen molar-refractivity contribution in [2.24, 2.45) is 5.92 Å². The van der Waals surface area contributed by atoms with Crippen LogP contribution < -0.4 is 4.90 Å². The maximum absolute atomic E-state index is 8.12. The van der Waals surface area contributed by atoms with Crippen LogP contribution in [0.5, 0.6) is 0 Å². The Hall–Kier alpha value is -1.47. The van der Waals surface area contributed by atoms with E-state index in [4.69, 9.17) is 14.6 Å². The number of rotatable bonds is 2. The molecule has 0 radical (unpaired) electrons. The van der Waals surface area contributed by atoms with Crippen molar-refractivity contribution >= 4 is 70.7 Å². The molecule has 1 aliphatic heterocycles. The van der Waals surface area contributed by atoms with Crippen molar-refractivity contribution in [3.63, 3.8) is 0 Å². The molecule has 5 nitrogen and oxygen atoms in total. The monoisotopic (exact) mass is 597 g/mol. The van der Waals surface area contributed by atoms with Crippen LogP contribution in [0.1, 0.15) is 31.0 Å². The van der Waals surface area contributed by atoms with Gasteiger partial charge in [0, 0.05) is 49.5 Å². The maximum atomic E-state index is 8.12. The normalized spacial score (nSPS) is 14.4. The van der Waals surface area contributed by atoms with Crippen molar-refractivity contribution < 1.29 is 9.59 Å². The van der Waals surface area contributed by atoms with Gasteiger partial charge in [0.15, 0.2) is 0 Å². The Morgan fingerprint density at radius 3 is 2.17 bits per heavy atom. The van der Waals surface area contributed by atoms with Crippen molar-refractivity contribution in [3.8, 4) is 5.69 Å². The number of carbonyl (C=O) groups excluding carboxylic acids is 2. The molecule has 30 heavy (non-hydrogen) atoms. The van der Waals surface area contributed by atoms with Crippen molar-refractivity contribution in [2.75, 3.05) is 18.0 Å². The van der Waals surface area contributed by atoms with E-state index in [1.54, 1.807) is 0 Å². The molecule has 3 aromatic rings. The lowest BCUT2D eigenvalue weighted by molar-refractivity contribution is -0.191. The largest absolute Gasteiger partial charge is 0.373 e. The van der Waals surface area contributed by atoms with E-state index < -0.39 is 0 Å². The molecule has 3 heterocycles. The Balaban J connectivity index is 0.000000806. The number of piperidine rings is 1. The minimum Gasteiger partial charge on any atom is -0.371 e. The molecule has 2 aromatic heterocycles. The smallest absolute Gasteiger partial charge is 0.371 e. The summed E-state index contributed by atoms with van der Waals surface area (Å²) in [5.41, 5.74) is 5.73. The van der Waals surface area contributed by atoms with Gasteiger partial charge in [0.2, 0.25) is 0 Å². The number of pyridine rings is 1. The highest BCUT2D eigenvalue weighted by atomic mass is 79.9. The molecular weight excluding hydrogens is 578 g/mol. The zero-order valence-electron chi connectivity index (χ0n) is 17.0. The number of hydrogen-bond acceptors (Lipinski definition) is 4. The van der Waals surface area contributed by atoms with E-state index in [-0.39, 0.29) is 6.15 Å². The Kier molecular flexibility index (Phi) is 7.56. The predicted octanol–water partition coefficient (Wildman–Crippen LogP) is 6.58. The third-order valence-electron chi connectivity index (χ3n) is 5.40. The summed E-state index contributed by atoms with van der Waals surface area (Å²) in [6, 6.07) is 6.40. The van der Waals surface area contributed by atoms with Crippen molar-refractivity contribution in [1.29, 1.82) is 0 Å². The molecule has 0 atom stereocenters. The van der Waals surface area contributed by atoms with E-state index in [2.05, 4.69) is 102 Å². The molecule has 158 valence electrons. The molecule has 0 aliphatic carbocycles. The van der Waals surface area contributed by atoms with Crippen molar-refractivity contribution in [2.45, 2.75) is 33.6 Å². The summed E-state index contributed by atoms with van der Waals surface area (Å²) in [6.07, 6.45) is 4.96. The molecule has 1 aromatic carbocycles. The van der Waals surface area contributed by atoms with E-state index in [0.29, 0.717) is 0 Å². The van der Waals surface area contributed by atoms with E-state index in [0.717, 1.165) is 49.5 Å². The lowest BCUT2D eigenvalue weighted by Crippen LogP contribution is -2.33. The Morgan fingerprint density at radius 1 is 1.03 bits per heavy atom. The molecule has 0 saturated carbocycles. The van der Waals surface area contributed by atoms with Crippen LogP contribution in [-0.4, -0.2) is 28.8 Å². The highest BCUT2D eigenvalue weighted by Gasteiger charge is 2.22. The van der Waals surface area contributed by atoms with Gasteiger partial charge in [-0.2, -0.15) is 9.59 Å². The maximum Gasteiger partial charge on any atom is 0.373 e. The minimum atomic E-state index is 0.250. The van der Waals surface area contributed by atoms with E-state index in [9.17, 15) is 0 Å². The van der Waals surface area contributed by atoms with Gasteiger partial charge in [-0.15, -0.1) is 0 Å². The number of anilines is 1. The third-order valence-corrected chi connectivity index (χ3v) is 7.07. The van der Waals surface area contributed by atoms with Crippen LogP contribution >= 0.6 is 47.8 Å². The molecule has 0 bridgehead atoms. The fourth-order valence-electron chi connectivity index (χ4n) is 3.95. The summed E-state index contributed by atoms with van der Waals surface area (Å²) < 4.78 is 5.29. The van der Waals surface area contributed by atoms with Crippen LogP contribution in [0.2, 0.25) is 0 Å². The minimum absolute atomic E-state index is 0.250. The number of hydrogen-bond donors (Lipinski definition) is 0. The first-order valence-corrected chi connectivity index (χ1v) is 12.0. The molecule has 0 amide bonds. The molecule has 1 aliphatic rings. The van der Waals surface area contributed by atoms with E-state index in [1.807, 2.05) is 0 Å². The van der Waals surface area contributed by atoms with Gasteiger partial charge in [-0.1, -0.05) is 22.9 Å². The standard InChI is InChI=1S/C21H22Br3N3.CO2/c1-12-4-6-26(7-5-12)18-8-14(3)25-21-19(18)13(2)11-27(21)20-16(23)9-15(22)10-17(20)24;2-1-3/h8-12H,4-7H2,1-3H3;. The predicted molar refractivity (Wildman–Crippen MR) is 129 cm³/mol. The topological polar surface area (TPSA) is 55.2 Å². The summed E-state index contributed by atoms with van der Waals surface area (Å²) in [5.74, 6) is 0.819. The zero-order valence-corrected chi connectivity index (χ0v) is 21.8. The van der Waals surface area contributed by atoms with Gasteiger partial charge in [-0.3, -0.25) is 4.57 Å². The number of benzene rings is 1. The zero-order chi connectivity index (χ0) is 22.0. The molecule has 0 unspecified atom stereocenters. The quantitative estimate of drug-likeness (QED) is 0.334. The fourth-order valence-corrected chi connectivity index (χ4v) is 6.59. The van der Waals surface area contributed by atoms with Crippen LogP contribution in [0.15, 0.2) is 37.8 Å². The summed E-state index contributed by atoms with van der Waals surface area (Å²) in [6.45, 7) is 8.88. The number of aryl methyl sites for hydroxylation is 2. The first kappa shape index (κ1) is 23.2. The number of aromatic nitrogens is 2. The molecule has 0 spiro atoms. The lowest BCUT2D eigenvalue weighted by Gasteiger charge is -2.33. The second-order valence-corrected chi connectivity index (χ2v) is 10.3. The van der Waals surface area contributed by atoms with Crippen LogP contribution in [0.3, 0.4) is 0 Å². The third kappa shape index (κ3) is 4.72. The van der Waals surface area contributed by atoms with E-state index in [1.165, 1.54) is 29.5 Å². The molecular formula is C22H22Br3N3O2. The second kappa shape index (κ2) is 9.77. The summed E-state index contributed by atoms with van der Waals surface area (Å²) in [4.78, 5) is 23.7. The molecule has 0 N–H and O–H groups in total. The average molecular weight is 600 g/mol. The summed E-state index contributed by atoms with van der Waals surface area (Å²) in [7, 11) is 0. The van der Waals surface area contributed by atoms with Gasteiger partial charge in [-0.25, -0.2) is 4.98 Å². The van der Waals surface area contributed by atoms with Crippen LogP contribution in [0.4, 0.5) is 5.69 Å². The highest BCUT2D eigenvalue weighted by molar-refractivity contribution is 9.11. The van der Waals surface area contributed by atoms with Gasteiger partial charge in [-0.05, 0) is 88.2 Å². The first-order valence-electron chi connectivity index (χ1n) is 9.65.